The van der Waals surface area contributed by atoms with E-state index in [1.807, 2.05) is 44.2 Å². The molecule has 0 aliphatic heterocycles. The average molecular weight is 669 g/mol. The van der Waals surface area contributed by atoms with Gasteiger partial charge in [-0.1, -0.05) is 71.2 Å². The molecule has 0 saturated heterocycles. The standard InChI is InChI=1S/C31H36Cl3N3O5S/c1-21(2)35-31(39)28(18-22-10-6-5-7-11-22)36(20-24-25(32)12-8-13-26(24)33)30(38)14-9-17-37(43(4,40)41)23-15-16-29(42-3)27(34)19-23/h5-8,10-13,15-16,19,21,28H,9,14,17-18,20H2,1-4H3,(H,35,39)/t28-/m1/s1. The Balaban J connectivity index is 1.93. The predicted octanol–water partition coefficient (Wildman–Crippen LogP) is 6.37. The van der Waals surface area contributed by atoms with Crippen LogP contribution in [-0.2, 0) is 32.6 Å². The lowest BCUT2D eigenvalue weighted by molar-refractivity contribution is -0.141. The molecular formula is C31H36Cl3N3O5S. The van der Waals surface area contributed by atoms with Crippen molar-refractivity contribution in [2.24, 2.45) is 0 Å². The molecule has 0 radical (unpaired) electrons. The van der Waals surface area contributed by atoms with Gasteiger partial charge >= 0.3 is 0 Å². The third kappa shape index (κ3) is 9.76. The second-order valence-corrected chi connectivity index (χ2v) is 13.5. The first-order valence-corrected chi connectivity index (χ1v) is 16.7. The van der Waals surface area contributed by atoms with Gasteiger partial charge in [-0.3, -0.25) is 13.9 Å². The number of benzene rings is 3. The van der Waals surface area contributed by atoms with Crippen LogP contribution in [0, 0.1) is 0 Å². The molecule has 0 aliphatic carbocycles. The highest BCUT2D eigenvalue weighted by atomic mass is 35.5. The van der Waals surface area contributed by atoms with Crippen LogP contribution in [0.4, 0.5) is 5.69 Å². The van der Waals surface area contributed by atoms with Crippen LogP contribution in [0.5, 0.6) is 5.75 Å². The predicted molar refractivity (Wildman–Crippen MR) is 174 cm³/mol. The Labute approximate surface area is 268 Å². The molecule has 3 aromatic carbocycles. The van der Waals surface area contributed by atoms with Crippen molar-refractivity contribution in [3.8, 4) is 5.75 Å². The molecule has 1 N–H and O–H groups in total. The van der Waals surface area contributed by atoms with Gasteiger partial charge in [-0.15, -0.1) is 0 Å². The van der Waals surface area contributed by atoms with Gasteiger partial charge in [0.2, 0.25) is 21.8 Å². The fourth-order valence-electron chi connectivity index (χ4n) is 4.60. The van der Waals surface area contributed by atoms with Crippen LogP contribution < -0.4 is 14.4 Å². The van der Waals surface area contributed by atoms with E-state index in [2.05, 4.69) is 5.32 Å². The minimum absolute atomic E-state index is 0.00939. The first-order valence-electron chi connectivity index (χ1n) is 13.7. The monoisotopic (exact) mass is 667 g/mol. The molecule has 0 aromatic heterocycles. The molecule has 0 unspecified atom stereocenters. The second-order valence-electron chi connectivity index (χ2n) is 10.3. The number of ether oxygens (including phenoxy) is 1. The number of hydrogen-bond donors (Lipinski definition) is 1. The van der Waals surface area contributed by atoms with Crippen LogP contribution in [0.3, 0.4) is 0 Å². The number of nitrogens with zero attached hydrogens (tertiary/aromatic N) is 2. The fraction of sp³-hybridized carbons (Fsp3) is 0.355. The van der Waals surface area contributed by atoms with Gasteiger partial charge < -0.3 is 15.0 Å². The van der Waals surface area contributed by atoms with Crippen molar-refractivity contribution >= 4 is 62.3 Å². The molecule has 12 heteroatoms. The highest BCUT2D eigenvalue weighted by Crippen LogP contribution is 2.31. The smallest absolute Gasteiger partial charge is 0.243 e. The molecule has 8 nitrogen and oxygen atoms in total. The van der Waals surface area contributed by atoms with Gasteiger partial charge in [0.15, 0.2) is 0 Å². The van der Waals surface area contributed by atoms with E-state index in [4.69, 9.17) is 39.5 Å². The summed E-state index contributed by atoms with van der Waals surface area (Å²) in [6.45, 7) is 3.69. The second kappa shape index (κ2) is 15.7. The molecule has 43 heavy (non-hydrogen) atoms. The van der Waals surface area contributed by atoms with Crippen molar-refractivity contribution in [3.05, 3.63) is 92.9 Å². The summed E-state index contributed by atoms with van der Waals surface area (Å²) < 4.78 is 31.8. The van der Waals surface area contributed by atoms with E-state index in [1.54, 1.807) is 30.3 Å². The zero-order valence-electron chi connectivity index (χ0n) is 24.5. The first-order chi connectivity index (χ1) is 20.3. The third-order valence-corrected chi connectivity index (χ3v) is 8.87. The van der Waals surface area contributed by atoms with E-state index < -0.39 is 16.1 Å². The summed E-state index contributed by atoms with van der Waals surface area (Å²) in [7, 11) is -2.24. The van der Waals surface area contributed by atoms with Crippen LogP contribution in [-0.4, -0.2) is 57.1 Å². The maximum Gasteiger partial charge on any atom is 0.243 e. The maximum absolute atomic E-state index is 14.0. The number of carbonyl (C=O) groups excluding carboxylic acids is 2. The third-order valence-electron chi connectivity index (χ3n) is 6.67. The van der Waals surface area contributed by atoms with Crippen molar-refractivity contribution < 1.29 is 22.7 Å². The number of rotatable bonds is 14. The zero-order valence-corrected chi connectivity index (χ0v) is 27.6. The highest BCUT2D eigenvalue weighted by molar-refractivity contribution is 7.92. The topological polar surface area (TPSA) is 96.0 Å². The Morgan fingerprint density at radius 2 is 1.58 bits per heavy atom. The Hall–Kier alpha value is -2.98. The fourth-order valence-corrected chi connectivity index (χ4v) is 6.33. The number of sulfonamides is 1. The molecule has 1 atom stereocenters. The number of carbonyl (C=O) groups is 2. The Morgan fingerprint density at radius 3 is 2.14 bits per heavy atom. The SMILES string of the molecule is COc1ccc(N(CCCC(=O)N(Cc2c(Cl)cccc2Cl)[C@H](Cc2ccccc2)C(=O)NC(C)C)S(C)(=O)=O)cc1Cl. The Bertz CT molecular complexity index is 1500. The van der Waals surface area contributed by atoms with Gasteiger partial charge in [-0.2, -0.15) is 0 Å². The van der Waals surface area contributed by atoms with E-state index in [0.717, 1.165) is 11.8 Å². The highest BCUT2D eigenvalue weighted by Gasteiger charge is 2.32. The number of halogens is 3. The summed E-state index contributed by atoms with van der Waals surface area (Å²) in [5.41, 5.74) is 1.73. The average Bonchev–Trinajstić information content (AvgIpc) is 2.93. The lowest BCUT2D eigenvalue weighted by atomic mass is 10.0. The van der Waals surface area contributed by atoms with Crippen LogP contribution in [0.1, 0.15) is 37.8 Å². The van der Waals surface area contributed by atoms with Crippen molar-refractivity contribution in [2.45, 2.75) is 51.7 Å². The number of nitrogens with one attached hydrogen (secondary N) is 1. The number of methoxy groups -OCH3 is 1. The quantitative estimate of drug-likeness (QED) is 0.216. The van der Waals surface area contributed by atoms with Crippen molar-refractivity contribution in [1.82, 2.24) is 10.2 Å². The summed E-state index contributed by atoms with van der Waals surface area (Å²) >= 11 is 19.2. The summed E-state index contributed by atoms with van der Waals surface area (Å²) in [6.07, 6.45) is 1.47. The molecule has 0 bridgehead atoms. The molecule has 0 saturated carbocycles. The van der Waals surface area contributed by atoms with E-state index in [-0.39, 0.29) is 55.2 Å². The number of anilines is 1. The van der Waals surface area contributed by atoms with Crippen molar-refractivity contribution in [2.75, 3.05) is 24.2 Å². The van der Waals surface area contributed by atoms with Gasteiger partial charge in [0, 0.05) is 47.6 Å². The molecule has 3 rings (SSSR count). The van der Waals surface area contributed by atoms with Crippen molar-refractivity contribution in [3.63, 3.8) is 0 Å². The molecular weight excluding hydrogens is 633 g/mol. The van der Waals surface area contributed by atoms with Crippen LogP contribution in [0.15, 0.2) is 66.7 Å². The van der Waals surface area contributed by atoms with E-state index >= 15 is 0 Å². The zero-order chi connectivity index (χ0) is 31.7. The van der Waals surface area contributed by atoms with Gasteiger partial charge in [0.1, 0.15) is 11.8 Å². The maximum atomic E-state index is 14.0. The minimum Gasteiger partial charge on any atom is -0.495 e. The van der Waals surface area contributed by atoms with Gasteiger partial charge in [-0.25, -0.2) is 8.42 Å². The summed E-state index contributed by atoms with van der Waals surface area (Å²) in [5.74, 6) is -0.259. The molecule has 232 valence electrons. The van der Waals surface area contributed by atoms with E-state index in [1.165, 1.54) is 22.4 Å². The largest absolute Gasteiger partial charge is 0.495 e. The summed E-state index contributed by atoms with van der Waals surface area (Å²) in [6, 6.07) is 18.1. The molecule has 0 heterocycles. The van der Waals surface area contributed by atoms with Crippen LogP contribution >= 0.6 is 34.8 Å². The van der Waals surface area contributed by atoms with Gasteiger partial charge in [0.25, 0.3) is 0 Å². The summed E-state index contributed by atoms with van der Waals surface area (Å²) in [4.78, 5) is 29.0. The van der Waals surface area contributed by atoms with Crippen LogP contribution in [0.2, 0.25) is 15.1 Å². The first kappa shape index (κ1) is 34.5. The molecule has 3 aromatic rings. The molecule has 0 fully saturated rings. The van der Waals surface area contributed by atoms with Gasteiger partial charge in [-0.05, 0) is 56.2 Å². The van der Waals surface area contributed by atoms with Crippen molar-refractivity contribution in [1.29, 1.82) is 0 Å². The van der Waals surface area contributed by atoms with Crippen LogP contribution in [0.25, 0.3) is 0 Å². The number of hydrogen-bond acceptors (Lipinski definition) is 5. The molecule has 0 aliphatic rings. The Morgan fingerprint density at radius 1 is 0.930 bits per heavy atom. The Kier molecular flexibility index (Phi) is 12.6. The normalized spacial score (nSPS) is 12.1. The lowest BCUT2D eigenvalue weighted by Crippen LogP contribution is -2.52. The van der Waals surface area contributed by atoms with Gasteiger partial charge in [0.05, 0.1) is 24.1 Å². The van der Waals surface area contributed by atoms with E-state index in [0.29, 0.717) is 27.0 Å². The summed E-state index contributed by atoms with van der Waals surface area (Å²) in [5, 5.41) is 3.93. The number of amides is 2. The minimum atomic E-state index is -3.71. The lowest BCUT2D eigenvalue weighted by Gasteiger charge is -2.33. The molecule has 0 spiro atoms. The molecule has 2 amide bonds. The van der Waals surface area contributed by atoms with E-state index in [9.17, 15) is 18.0 Å².